The lowest BCUT2D eigenvalue weighted by atomic mass is 10.1. The summed E-state index contributed by atoms with van der Waals surface area (Å²) in [5, 5.41) is 3.79. The fourth-order valence-corrected chi connectivity index (χ4v) is 2.96. The second-order valence-corrected chi connectivity index (χ2v) is 6.04. The molecule has 0 saturated heterocycles. The zero-order valence-corrected chi connectivity index (χ0v) is 13.9. The number of para-hydroxylation sites is 3. The number of carbonyl (C=O) groups is 1. The van der Waals surface area contributed by atoms with Gasteiger partial charge in [-0.3, -0.25) is 9.78 Å². The Morgan fingerprint density at radius 1 is 1.16 bits per heavy atom. The van der Waals surface area contributed by atoms with Crippen LogP contribution in [0.25, 0.3) is 10.9 Å². The summed E-state index contributed by atoms with van der Waals surface area (Å²) in [5.74, 6) is 1.31. The highest BCUT2D eigenvalue weighted by Gasteiger charge is 2.21. The lowest BCUT2D eigenvalue weighted by molar-refractivity contribution is 0.0790. The first-order valence-electron chi connectivity index (χ1n) is 8.24. The number of hydrogen-bond acceptors (Lipinski definition) is 4. The summed E-state index contributed by atoms with van der Waals surface area (Å²) in [5.41, 5.74) is 2.26. The second kappa shape index (κ2) is 6.43. The third-order valence-corrected chi connectivity index (χ3v) is 4.15. The van der Waals surface area contributed by atoms with Gasteiger partial charge < -0.3 is 14.8 Å². The van der Waals surface area contributed by atoms with Gasteiger partial charge >= 0.3 is 0 Å². The molecule has 1 atom stereocenters. The largest absolute Gasteiger partial charge is 0.486 e. The molecular formula is C20H18N2O3. The normalized spacial score (nSPS) is 15.8. The highest BCUT2D eigenvalue weighted by molar-refractivity contribution is 6.06. The molecule has 126 valence electrons. The highest BCUT2D eigenvalue weighted by Crippen LogP contribution is 2.30. The molecule has 2 heterocycles. The van der Waals surface area contributed by atoms with Gasteiger partial charge in [0, 0.05) is 11.1 Å². The van der Waals surface area contributed by atoms with Gasteiger partial charge in [-0.1, -0.05) is 30.3 Å². The maximum absolute atomic E-state index is 12.7. The average molecular weight is 334 g/mol. The van der Waals surface area contributed by atoms with Crippen molar-refractivity contribution in [1.82, 2.24) is 10.3 Å². The number of fused-ring (bicyclic) bond motifs is 2. The monoisotopic (exact) mass is 334 g/mol. The number of rotatable bonds is 3. The number of ether oxygens (including phenoxy) is 2. The number of benzene rings is 2. The minimum atomic E-state index is -0.215. The maximum Gasteiger partial charge on any atom is 0.252 e. The molecular weight excluding hydrogens is 316 g/mol. The zero-order chi connectivity index (χ0) is 17.2. The van der Waals surface area contributed by atoms with Gasteiger partial charge in [0.2, 0.25) is 0 Å². The van der Waals surface area contributed by atoms with Crippen LogP contribution in [0.15, 0.2) is 54.6 Å². The summed E-state index contributed by atoms with van der Waals surface area (Å²) in [7, 11) is 0. The van der Waals surface area contributed by atoms with Crippen molar-refractivity contribution in [2.75, 3.05) is 13.2 Å². The topological polar surface area (TPSA) is 60.5 Å². The molecule has 0 spiro atoms. The van der Waals surface area contributed by atoms with Crippen LogP contribution in [0.1, 0.15) is 16.1 Å². The van der Waals surface area contributed by atoms with Crippen molar-refractivity contribution in [3.05, 3.63) is 65.9 Å². The minimum absolute atomic E-state index is 0.135. The molecule has 4 rings (SSSR count). The Morgan fingerprint density at radius 3 is 2.80 bits per heavy atom. The third kappa shape index (κ3) is 3.13. The lowest BCUT2D eigenvalue weighted by Gasteiger charge is -2.26. The van der Waals surface area contributed by atoms with Crippen LogP contribution in [0, 0.1) is 6.92 Å². The van der Waals surface area contributed by atoms with Crippen molar-refractivity contribution in [3.8, 4) is 11.5 Å². The molecule has 0 fully saturated rings. The van der Waals surface area contributed by atoms with E-state index in [1.807, 2.05) is 61.5 Å². The van der Waals surface area contributed by atoms with Gasteiger partial charge in [0.05, 0.1) is 17.6 Å². The van der Waals surface area contributed by atoms with E-state index in [2.05, 4.69) is 10.3 Å². The summed E-state index contributed by atoms with van der Waals surface area (Å²) < 4.78 is 11.6. The molecule has 0 aliphatic carbocycles. The molecule has 0 radical (unpaired) electrons. The van der Waals surface area contributed by atoms with E-state index in [0.717, 1.165) is 22.3 Å². The standard InChI is InChI=1S/C20H18N2O3/c1-13-10-16(15-6-2-3-7-17(15)22-13)20(23)21-11-14-12-24-18-8-4-5-9-19(18)25-14/h2-10,14H,11-12H2,1H3,(H,21,23)/t14-/m0/s1. The summed E-state index contributed by atoms with van der Waals surface area (Å²) in [6, 6.07) is 17.0. The van der Waals surface area contributed by atoms with Gasteiger partial charge in [0.25, 0.3) is 5.91 Å². The molecule has 5 heteroatoms. The molecule has 1 aliphatic rings. The van der Waals surface area contributed by atoms with E-state index in [0.29, 0.717) is 24.5 Å². The lowest BCUT2D eigenvalue weighted by Crippen LogP contribution is -2.40. The number of amides is 1. The molecule has 1 amide bonds. The van der Waals surface area contributed by atoms with Gasteiger partial charge in [-0.15, -0.1) is 0 Å². The molecule has 0 bridgehead atoms. The van der Waals surface area contributed by atoms with Gasteiger partial charge in [-0.25, -0.2) is 0 Å². The molecule has 1 N–H and O–H groups in total. The summed E-state index contributed by atoms with van der Waals surface area (Å²) >= 11 is 0. The Bertz CT molecular complexity index is 939. The van der Waals surface area contributed by atoms with Crippen LogP contribution in [0.2, 0.25) is 0 Å². The van der Waals surface area contributed by atoms with E-state index in [-0.39, 0.29) is 12.0 Å². The smallest absolute Gasteiger partial charge is 0.252 e. The Labute approximate surface area is 145 Å². The highest BCUT2D eigenvalue weighted by atomic mass is 16.6. The quantitative estimate of drug-likeness (QED) is 0.799. The van der Waals surface area contributed by atoms with Gasteiger partial charge in [-0.2, -0.15) is 0 Å². The van der Waals surface area contributed by atoms with Crippen LogP contribution in [0.3, 0.4) is 0 Å². The van der Waals surface area contributed by atoms with Crippen LogP contribution in [-0.4, -0.2) is 30.1 Å². The summed E-state index contributed by atoms with van der Waals surface area (Å²) in [6.07, 6.45) is -0.215. The Hall–Kier alpha value is -3.08. The van der Waals surface area contributed by atoms with Crippen molar-refractivity contribution in [3.63, 3.8) is 0 Å². The molecule has 1 aromatic heterocycles. The minimum Gasteiger partial charge on any atom is -0.486 e. The van der Waals surface area contributed by atoms with E-state index >= 15 is 0 Å². The van der Waals surface area contributed by atoms with Gasteiger partial charge in [0.15, 0.2) is 11.5 Å². The van der Waals surface area contributed by atoms with Crippen LogP contribution in [0.5, 0.6) is 11.5 Å². The fraction of sp³-hybridized carbons (Fsp3) is 0.200. The first-order chi connectivity index (χ1) is 12.2. The van der Waals surface area contributed by atoms with Crippen LogP contribution in [0.4, 0.5) is 0 Å². The van der Waals surface area contributed by atoms with Crippen molar-refractivity contribution in [2.45, 2.75) is 13.0 Å². The molecule has 5 nitrogen and oxygen atoms in total. The van der Waals surface area contributed by atoms with Crippen molar-refractivity contribution in [2.24, 2.45) is 0 Å². The van der Waals surface area contributed by atoms with Gasteiger partial charge in [0.1, 0.15) is 12.7 Å². The number of nitrogens with zero attached hydrogens (tertiary/aromatic N) is 1. The predicted octanol–water partition coefficient (Wildman–Crippen LogP) is 3.11. The first-order valence-corrected chi connectivity index (χ1v) is 8.24. The predicted molar refractivity (Wildman–Crippen MR) is 95.2 cm³/mol. The van der Waals surface area contributed by atoms with E-state index in [1.165, 1.54) is 0 Å². The Balaban J connectivity index is 1.48. The van der Waals surface area contributed by atoms with Crippen molar-refractivity contribution in [1.29, 1.82) is 0 Å². The number of pyridine rings is 1. The summed E-state index contributed by atoms with van der Waals surface area (Å²) in [6.45, 7) is 2.68. The molecule has 0 unspecified atom stereocenters. The van der Waals surface area contributed by atoms with Gasteiger partial charge in [-0.05, 0) is 31.2 Å². The van der Waals surface area contributed by atoms with E-state index in [4.69, 9.17) is 9.47 Å². The number of aromatic nitrogens is 1. The van der Waals surface area contributed by atoms with E-state index < -0.39 is 0 Å². The number of carbonyl (C=O) groups excluding carboxylic acids is 1. The maximum atomic E-state index is 12.7. The van der Waals surface area contributed by atoms with Crippen LogP contribution < -0.4 is 14.8 Å². The zero-order valence-electron chi connectivity index (χ0n) is 13.9. The van der Waals surface area contributed by atoms with Crippen LogP contribution in [-0.2, 0) is 0 Å². The SMILES string of the molecule is Cc1cc(C(=O)NC[C@H]2COc3ccccc3O2)c2ccccc2n1. The fourth-order valence-electron chi connectivity index (χ4n) is 2.96. The van der Waals surface area contributed by atoms with Crippen LogP contribution >= 0.6 is 0 Å². The first kappa shape index (κ1) is 15.4. The molecule has 1 aliphatic heterocycles. The number of hydrogen-bond donors (Lipinski definition) is 1. The Kier molecular flexibility index (Phi) is 3.98. The second-order valence-electron chi connectivity index (χ2n) is 6.04. The van der Waals surface area contributed by atoms with E-state index in [1.54, 1.807) is 0 Å². The average Bonchev–Trinajstić information content (AvgIpc) is 2.65. The molecule has 2 aromatic carbocycles. The molecule has 0 saturated carbocycles. The number of nitrogens with one attached hydrogen (secondary N) is 1. The Morgan fingerprint density at radius 2 is 1.92 bits per heavy atom. The molecule has 25 heavy (non-hydrogen) atoms. The molecule has 3 aromatic rings. The third-order valence-electron chi connectivity index (χ3n) is 4.15. The van der Waals surface area contributed by atoms with Crippen molar-refractivity contribution >= 4 is 16.8 Å². The summed E-state index contributed by atoms with van der Waals surface area (Å²) in [4.78, 5) is 17.1. The number of aryl methyl sites for hydroxylation is 1. The van der Waals surface area contributed by atoms with Crippen molar-refractivity contribution < 1.29 is 14.3 Å². The van der Waals surface area contributed by atoms with E-state index in [9.17, 15) is 4.79 Å².